The van der Waals surface area contributed by atoms with E-state index in [0.29, 0.717) is 19.2 Å². The topological polar surface area (TPSA) is 61.8 Å². The van der Waals surface area contributed by atoms with E-state index in [0.717, 1.165) is 38.3 Å². The highest BCUT2D eigenvalue weighted by Crippen LogP contribution is 2.29. The lowest BCUT2D eigenvalue weighted by Crippen LogP contribution is -2.48. The number of likely N-dealkylation sites (tertiary alicyclic amines) is 1. The summed E-state index contributed by atoms with van der Waals surface area (Å²) in [5, 5.41) is 13.1. The van der Waals surface area contributed by atoms with Gasteiger partial charge in [0.05, 0.1) is 12.7 Å². The van der Waals surface area contributed by atoms with Crippen LogP contribution in [0.15, 0.2) is 0 Å². The Hall–Kier alpha value is -0.650. The van der Waals surface area contributed by atoms with E-state index >= 15 is 0 Å². The van der Waals surface area contributed by atoms with E-state index in [1.165, 1.54) is 32.1 Å². The van der Waals surface area contributed by atoms with Gasteiger partial charge in [-0.3, -0.25) is 4.79 Å². The van der Waals surface area contributed by atoms with Crippen molar-refractivity contribution in [2.75, 3.05) is 33.4 Å². The summed E-state index contributed by atoms with van der Waals surface area (Å²) in [7, 11) is 1.61. The molecule has 1 amide bonds. The number of nitrogens with zero attached hydrogens (tertiary/aromatic N) is 1. The molecule has 1 saturated carbocycles. The molecule has 0 aromatic heterocycles. The van der Waals surface area contributed by atoms with Gasteiger partial charge < -0.3 is 20.1 Å². The van der Waals surface area contributed by atoms with E-state index in [-0.39, 0.29) is 11.8 Å². The number of rotatable bonds is 8. The highest BCUT2D eigenvalue weighted by atomic mass is 16.5. The molecular weight excluding hydrogens is 304 g/mol. The third-order valence-electron chi connectivity index (χ3n) is 5.62. The minimum Gasteiger partial charge on any atom is -0.389 e. The van der Waals surface area contributed by atoms with Crippen LogP contribution in [-0.4, -0.2) is 61.4 Å². The average Bonchev–Trinajstić information content (AvgIpc) is 2.57. The lowest BCUT2D eigenvalue weighted by atomic mass is 9.83. The maximum absolute atomic E-state index is 12.4. The number of ether oxygens (including phenoxy) is 1. The second kappa shape index (κ2) is 10.4. The first kappa shape index (κ1) is 19.7. The second-order valence-electron chi connectivity index (χ2n) is 7.83. The summed E-state index contributed by atoms with van der Waals surface area (Å²) in [4.78, 5) is 14.7. The average molecular weight is 341 g/mol. The third kappa shape index (κ3) is 6.69. The Morgan fingerprint density at radius 3 is 2.50 bits per heavy atom. The summed E-state index contributed by atoms with van der Waals surface area (Å²) < 4.78 is 4.97. The molecule has 2 unspecified atom stereocenters. The molecule has 24 heavy (non-hydrogen) atoms. The molecule has 140 valence electrons. The number of hydrogen-bond acceptors (Lipinski definition) is 4. The van der Waals surface area contributed by atoms with E-state index in [1.807, 2.05) is 0 Å². The number of amides is 1. The number of methoxy groups -OCH3 is 1. The predicted molar refractivity (Wildman–Crippen MR) is 95.8 cm³/mol. The summed E-state index contributed by atoms with van der Waals surface area (Å²) in [6.07, 6.45) is 9.24. The molecule has 1 saturated heterocycles. The van der Waals surface area contributed by atoms with Crippen LogP contribution < -0.4 is 5.32 Å². The smallest absolute Gasteiger partial charge is 0.223 e. The standard InChI is InChI=1S/C19H36N2O3/c1-15(12-16-6-4-3-5-7-16)19(23)20-17-8-10-21(11-9-17)13-18(22)14-24-2/h15-18,22H,3-14H2,1-2H3,(H,20,23). The normalized spacial score (nSPS) is 23.8. The Bertz CT molecular complexity index is 364. The third-order valence-corrected chi connectivity index (χ3v) is 5.62. The van der Waals surface area contributed by atoms with E-state index in [2.05, 4.69) is 17.1 Å². The van der Waals surface area contributed by atoms with Gasteiger partial charge in [0.15, 0.2) is 0 Å². The number of aliphatic hydroxyl groups excluding tert-OH is 1. The van der Waals surface area contributed by atoms with Crippen molar-refractivity contribution in [1.29, 1.82) is 0 Å². The van der Waals surface area contributed by atoms with Crippen LogP contribution in [0.3, 0.4) is 0 Å². The van der Waals surface area contributed by atoms with E-state index in [9.17, 15) is 9.90 Å². The maximum Gasteiger partial charge on any atom is 0.223 e. The lowest BCUT2D eigenvalue weighted by Gasteiger charge is -2.34. The quantitative estimate of drug-likeness (QED) is 0.711. The SMILES string of the molecule is COCC(O)CN1CCC(NC(=O)C(C)CC2CCCCC2)CC1. The van der Waals surface area contributed by atoms with Gasteiger partial charge in [0.25, 0.3) is 0 Å². The molecule has 0 aromatic carbocycles. The molecule has 1 aliphatic heterocycles. The molecule has 0 spiro atoms. The minimum atomic E-state index is -0.420. The first-order chi connectivity index (χ1) is 11.6. The largest absolute Gasteiger partial charge is 0.389 e. The minimum absolute atomic E-state index is 0.134. The number of β-amino-alcohol motifs (C(OH)–C–C–N with tert-alkyl or cyclic N) is 1. The summed E-state index contributed by atoms with van der Waals surface area (Å²) in [5.74, 6) is 1.12. The van der Waals surface area contributed by atoms with Crippen LogP contribution in [0.4, 0.5) is 0 Å². The molecule has 2 rings (SSSR count). The van der Waals surface area contributed by atoms with Crippen molar-refractivity contribution < 1.29 is 14.6 Å². The van der Waals surface area contributed by atoms with Gasteiger partial charge in [0.1, 0.15) is 0 Å². The van der Waals surface area contributed by atoms with Crippen molar-refractivity contribution in [2.45, 2.75) is 70.4 Å². The molecule has 0 aromatic rings. The lowest BCUT2D eigenvalue weighted by molar-refractivity contribution is -0.126. The van der Waals surface area contributed by atoms with Crippen LogP contribution in [-0.2, 0) is 9.53 Å². The molecule has 2 fully saturated rings. The summed E-state index contributed by atoms with van der Waals surface area (Å²) in [6.45, 7) is 4.99. The molecule has 1 heterocycles. The zero-order chi connectivity index (χ0) is 17.4. The molecule has 2 N–H and O–H groups in total. The molecular formula is C19H36N2O3. The molecule has 2 aliphatic rings. The molecule has 2 atom stereocenters. The highest BCUT2D eigenvalue weighted by Gasteiger charge is 2.25. The van der Waals surface area contributed by atoms with E-state index < -0.39 is 6.10 Å². The van der Waals surface area contributed by atoms with Crippen molar-refractivity contribution in [3.63, 3.8) is 0 Å². The van der Waals surface area contributed by atoms with Crippen LogP contribution >= 0.6 is 0 Å². The predicted octanol–water partition coefficient (Wildman–Crippen LogP) is 2.18. The fraction of sp³-hybridized carbons (Fsp3) is 0.947. The van der Waals surface area contributed by atoms with Gasteiger partial charge in [0, 0.05) is 38.7 Å². The molecule has 5 heteroatoms. The Morgan fingerprint density at radius 1 is 1.21 bits per heavy atom. The number of carbonyl (C=O) groups is 1. The molecule has 0 radical (unpaired) electrons. The Kier molecular flexibility index (Phi) is 8.50. The van der Waals surface area contributed by atoms with Crippen molar-refractivity contribution in [3.8, 4) is 0 Å². The first-order valence-electron chi connectivity index (χ1n) is 9.78. The van der Waals surface area contributed by atoms with Crippen LogP contribution in [0.2, 0.25) is 0 Å². The zero-order valence-electron chi connectivity index (χ0n) is 15.5. The Balaban J connectivity index is 1.64. The number of aliphatic hydroxyl groups is 1. The number of piperidine rings is 1. The monoisotopic (exact) mass is 340 g/mol. The van der Waals surface area contributed by atoms with Crippen molar-refractivity contribution in [3.05, 3.63) is 0 Å². The van der Waals surface area contributed by atoms with Crippen molar-refractivity contribution >= 4 is 5.91 Å². The maximum atomic E-state index is 12.4. The van der Waals surface area contributed by atoms with Crippen LogP contribution in [0.1, 0.15) is 58.3 Å². The Morgan fingerprint density at radius 2 is 1.88 bits per heavy atom. The fourth-order valence-corrected chi connectivity index (χ4v) is 4.18. The summed E-state index contributed by atoms with van der Waals surface area (Å²) in [5.41, 5.74) is 0. The molecule has 1 aliphatic carbocycles. The zero-order valence-corrected chi connectivity index (χ0v) is 15.5. The van der Waals surface area contributed by atoms with Gasteiger partial charge in [-0.15, -0.1) is 0 Å². The number of nitrogens with one attached hydrogen (secondary N) is 1. The second-order valence-corrected chi connectivity index (χ2v) is 7.83. The molecule has 0 bridgehead atoms. The van der Waals surface area contributed by atoms with E-state index in [4.69, 9.17) is 4.74 Å². The molecule has 5 nitrogen and oxygen atoms in total. The van der Waals surface area contributed by atoms with Crippen LogP contribution in [0.5, 0.6) is 0 Å². The van der Waals surface area contributed by atoms with Gasteiger partial charge in [0.2, 0.25) is 5.91 Å². The fourth-order valence-electron chi connectivity index (χ4n) is 4.18. The first-order valence-corrected chi connectivity index (χ1v) is 9.78. The Labute approximate surface area is 147 Å². The van der Waals surface area contributed by atoms with Crippen LogP contribution in [0, 0.1) is 11.8 Å². The summed E-state index contributed by atoms with van der Waals surface area (Å²) in [6, 6.07) is 0.294. The van der Waals surface area contributed by atoms with Crippen molar-refractivity contribution in [1.82, 2.24) is 10.2 Å². The van der Waals surface area contributed by atoms with Gasteiger partial charge >= 0.3 is 0 Å². The van der Waals surface area contributed by atoms with Gasteiger partial charge in [-0.1, -0.05) is 39.0 Å². The van der Waals surface area contributed by atoms with Gasteiger partial charge in [-0.05, 0) is 25.2 Å². The number of carbonyl (C=O) groups excluding carboxylic acids is 1. The van der Waals surface area contributed by atoms with E-state index in [1.54, 1.807) is 7.11 Å². The van der Waals surface area contributed by atoms with Crippen LogP contribution in [0.25, 0.3) is 0 Å². The van der Waals surface area contributed by atoms with Crippen molar-refractivity contribution in [2.24, 2.45) is 11.8 Å². The van der Waals surface area contributed by atoms with Gasteiger partial charge in [-0.2, -0.15) is 0 Å². The summed E-state index contributed by atoms with van der Waals surface area (Å²) >= 11 is 0. The van der Waals surface area contributed by atoms with Gasteiger partial charge in [-0.25, -0.2) is 0 Å². The highest BCUT2D eigenvalue weighted by molar-refractivity contribution is 5.78. The number of hydrogen-bond donors (Lipinski definition) is 2.